The van der Waals surface area contributed by atoms with Crippen LogP contribution in [-0.4, -0.2) is 12.6 Å². The lowest BCUT2D eigenvalue weighted by Gasteiger charge is -2.09. The first-order valence-electron chi connectivity index (χ1n) is 4.48. The normalized spacial score (nSPS) is 12.5. The Hall–Kier alpha value is -0.480. The molecule has 1 N–H and O–H groups in total. The Morgan fingerprint density at radius 3 is 2.73 bits per heavy atom. The van der Waals surface area contributed by atoms with Gasteiger partial charge in [-0.1, -0.05) is 19.8 Å². The lowest BCUT2D eigenvalue weighted by Crippen LogP contribution is -2.26. The van der Waals surface area contributed by atoms with Gasteiger partial charge in [-0.05, 0) is 19.9 Å². The summed E-state index contributed by atoms with van der Waals surface area (Å²) in [4.78, 5) is 0. The van der Waals surface area contributed by atoms with Gasteiger partial charge in [0.25, 0.3) is 0 Å². The third-order valence-electron chi connectivity index (χ3n) is 1.70. The monoisotopic (exact) mass is 153 g/mol. The summed E-state index contributed by atoms with van der Waals surface area (Å²) in [5.41, 5.74) is 0. The van der Waals surface area contributed by atoms with E-state index in [0.29, 0.717) is 6.04 Å². The van der Waals surface area contributed by atoms with Crippen molar-refractivity contribution >= 4 is 0 Å². The van der Waals surface area contributed by atoms with E-state index in [9.17, 15) is 0 Å². The number of rotatable bonds is 6. The second-order valence-electron chi connectivity index (χ2n) is 2.97. The molecule has 0 aliphatic rings. The van der Waals surface area contributed by atoms with Crippen LogP contribution in [0.4, 0.5) is 0 Å². The maximum atomic E-state index is 5.17. The highest BCUT2D eigenvalue weighted by atomic mass is 14.9. The van der Waals surface area contributed by atoms with Crippen LogP contribution in [0, 0.1) is 12.3 Å². The number of terminal acetylenes is 1. The van der Waals surface area contributed by atoms with E-state index in [1.165, 1.54) is 19.3 Å². The van der Waals surface area contributed by atoms with Crippen molar-refractivity contribution in [2.45, 2.75) is 45.6 Å². The molecular formula is C10H19N. The quantitative estimate of drug-likeness (QED) is 0.455. The van der Waals surface area contributed by atoms with Crippen molar-refractivity contribution in [1.82, 2.24) is 5.32 Å². The van der Waals surface area contributed by atoms with Crippen LogP contribution in [0.5, 0.6) is 0 Å². The van der Waals surface area contributed by atoms with Crippen molar-refractivity contribution in [2.75, 3.05) is 6.54 Å². The van der Waals surface area contributed by atoms with Gasteiger partial charge < -0.3 is 5.32 Å². The number of hydrogen-bond donors (Lipinski definition) is 1. The van der Waals surface area contributed by atoms with E-state index in [4.69, 9.17) is 6.42 Å². The molecular weight excluding hydrogens is 134 g/mol. The summed E-state index contributed by atoms with van der Waals surface area (Å²) in [6.07, 6.45) is 9.88. The number of nitrogens with one attached hydrogen (secondary N) is 1. The molecule has 0 aromatic rings. The van der Waals surface area contributed by atoms with Crippen LogP contribution in [0.3, 0.4) is 0 Å². The summed E-state index contributed by atoms with van der Waals surface area (Å²) in [5.74, 6) is 2.65. The fourth-order valence-corrected chi connectivity index (χ4v) is 0.972. The molecule has 1 unspecified atom stereocenters. The summed E-state index contributed by atoms with van der Waals surface area (Å²) in [5, 5.41) is 3.38. The molecule has 0 fully saturated rings. The Morgan fingerprint density at radius 1 is 1.45 bits per heavy atom. The molecule has 1 nitrogen and oxygen atoms in total. The summed E-state index contributed by atoms with van der Waals surface area (Å²) < 4.78 is 0. The molecule has 0 aromatic carbocycles. The molecule has 0 rings (SSSR count). The molecule has 0 aliphatic heterocycles. The first kappa shape index (κ1) is 10.5. The van der Waals surface area contributed by atoms with Gasteiger partial charge in [0.1, 0.15) is 0 Å². The zero-order valence-electron chi connectivity index (χ0n) is 7.69. The maximum Gasteiger partial charge on any atom is 0.0238 e. The van der Waals surface area contributed by atoms with Gasteiger partial charge in [-0.3, -0.25) is 0 Å². The van der Waals surface area contributed by atoms with Crippen molar-refractivity contribution in [1.29, 1.82) is 0 Å². The highest BCUT2D eigenvalue weighted by Gasteiger charge is 1.95. The van der Waals surface area contributed by atoms with Crippen molar-refractivity contribution < 1.29 is 0 Å². The molecule has 11 heavy (non-hydrogen) atoms. The minimum Gasteiger partial charge on any atom is -0.313 e. The molecule has 1 heteroatoms. The van der Waals surface area contributed by atoms with Gasteiger partial charge in [0.05, 0.1) is 0 Å². The maximum absolute atomic E-state index is 5.17. The Kier molecular flexibility index (Phi) is 7.29. The Bertz CT molecular complexity index is 113. The van der Waals surface area contributed by atoms with Gasteiger partial charge in [0, 0.05) is 12.5 Å². The lowest BCUT2D eigenvalue weighted by molar-refractivity contribution is 0.533. The number of hydrogen-bond acceptors (Lipinski definition) is 1. The predicted molar refractivity (Wildman–Crippen MR) is 50.4 cm³/mol. The Balaban J connectivity index is 3.05. The van der Waals surface area contributed by atoms with E-state index in [1.807, 2.05) is 0 Å². The molecule has 1 atom stereocenters. The summed E-state index contributed by atoms with van der Waals surface area (Å²) in [7, 11) is 0. The molecule has 0 saturated heterocycles. The fraction of sp³-hybridized carbons (Fsp3) is 0.800. The predicted octanol–water partition coefficient (Wildman–Crippen LogP) is 2.18. The lowest BCUT2D eigenvalue weighted by atomic mass is 10.2. The van der Waals surface area contributed by atoms with Gasteiger partial charge in [-0.15, -0.1) is 12.3 Å². The SMILES string of the molecule is C#CCC(C)NCCCCC. The topological polar surface area (TPSA) is 12.0 Å². The molecule has 0 saturated carbocycles. The van der Waals surface area contributed by atoms with Crippen LogP contribution in [0.15, 0.2) is 0 Å². The Labute approximate surface area is 70.6 Å². The molecule has 0 radical (unpaired) electrons. The molecule has 0 aliphatic carbocycles. The van der Waals surface area contributed by atoms with Crippen LogP contribution in [0.25, 0.3) is 0 Å². The van der Waals surface area contributed by atoms with E-state index in [1.54, 1.807) is 0 Å². The average molecular weight is 153 g/mol. The molecule has 0 bridgehead atoms. The third kappa shape index (κ3) is 7.42. The fourth-order valence-electron chi connectivity index (χ4n) is 0.972. The zero-order chi connectivity index (χ0) is 8.53. The summed E-state index contributed by atoms with van der Waals surface area (Å²) in [6, 6.07) is 0.483. The van der Waals surface area contributed by atoms with Crippen molar-refractivity contribution in [3.8, 4) is 12.3 Å². The van der Waals surface area contributed by atoms with E-state index in [2.05, 4.69) is 25.1 Å². The standard InChI is InChI=1S/C10H19N/c1-4-6-7-9-11-10(3)8-5-2/h2,10-11H,4,6-9H2,1,3H3. The second kappa shape index (κ2) is 7.63. The third-order valence-corrected chi connectivity index (χ3v) is 1.70. The molecule has 0 spiro atoms. The van der Waals surface area contributed by atoms with Gasteiger partial charge in [0.15, 0.2) is 0 Å². The minimum absolute atomic E-state index is 0.483. The van der Waals surface area contributed by atoms with Crippen LogP contribution >= 0.6 is 0 Å². The molecule has 0 aromatic heterocycles. The van der Waals surface area contributed by atoms with Crippen LogP contribution in [0.2, 0.25) is 0 Å². The van der Waals surface area contributed by atoms with Gasteiger partial charge in [0.2, 0.25) is 0 Å². The second-order valence-corrected chi connectivity index (χ2v) is 2.97. The Morgan fingerprint density at radius 2 is 2.18 bits per heavy atom. The highest BCUT2D eigenvalue weighted by molar-refractivity contribution is 4.87. The van der Waals surface area contributed by atoms with Crippen LogP contribution in [-0.2, 0) is 0 Å². The van der Waals surface area contributed by atoms with E-state index < -0.39 is 0 Å². The first-order chi connectivity index (χ1) is 5.31. The largest absolute Gasteiger partial charge is 0.313 e. The number of unbranched alkanes of at least 4 members (excludes halogenated alkanes) is 2. The summed E-state index contributed by atoms with van der Waals surface area (Å²) in [6.45, 7) is 5.45. The van der Waals surface area contributed by atoms with E-state index >= 15 is 0 Å². The first-order valence-corrected chi connectivity index (χ1v) is 4.48. The van der Waals surface area contributed by atoms with Gasteiger partial charge >= 0.3 is 0 Å². The highest BCUT2D eigenvalue weighted by Crippen LogP contribution is 1.93. The van der Waals surface area contributed by atoms with Gasteiger partial charge in [-0.25, -0.2) is 0 Å². The summed E-state index contributed by atoms with van der Waals surface area (Å²) >= 11 is 0. The van der Waals surface area contributed by atoms with Crippen LogP contribution in [0.1, 0.15) is 39.5 Å². The molecule has 64 valence electrons. The van der Waals surface area contributed by atoms with E-state index in [0.717, 1.165) is 13.0 Å². The average Bonchev–Trinajstić information content (AvgIpc) is 1.99. The van der Waals surface area contributed by atoms with Crippen molar-refractivity contribution in [2.24, 2.45) is 0 Å². The van der Waals surface area contributed by atoms with E-state index in [-0.39, 0.29) is 0 Å². The van der Waals surface area contributed by atoms with Gasteiger partial charge in [-0.2, -0.15) is 0 Å². The smallest absolute Gasteiger partial charge is 0.0238 e. The van der Waals surface area contributed by atoms with Crippen molar-refractivity contribution in [3.63, 3.8) is 0 Å². The zero-order valence-corrected chi connectivity index (χ0v) is 7.69. The van der Waals surface area contributed by atoms with Crippen LogP contribution < -0.4 is 5.32 Å². The van der Waals surface area contributed by atoms with Crippen molar-refractivity contribution in [3.05, 3.63) is 0 Å². The molecule has 0 heterocycles. The minimum atomic E-state index is 0.483. The molecule has 0 amide bonds.